The zero-order valence-electron chi connectivity index (χ0n) is 19.5. The summed E-state index contributed by atoms with van der Waals surface area (Å²) in [5.74, 6) is 1.12. The molecule has 5 rings (SSSR count). The third-order valence-electron chi connectivity index (χ3n) is 7.71. The smallest absolute Gasteiger partial charge is 0.349 e. The van der Waals surface area contributed by atoms with Gasteiger partial charge in [0.25, 0.3) is 0 Å². The fraction of sp³-hybridized carbons (Fsp3) is 0.519. The number of hydrogen-bond acceptors (Lipinski definition) is 6. The molecule has 1 aromatic heterocycles. The number of halogens is 1. The van der Waals surface area contributed by atoms with Crippen molar-refractivity contribution in [2.75, 3.05) is 19.3 Å². The largest absolute Gasteiger partial charge is 0.459 e. The number of carbonyl (C=O) groups excluding carboxylic acids is 1. The quantitative estimate of drug-likeness (QED) is 0.420. The first-order valence-corrected chi connectivity index (χ1v) is 14.5. The average molecular weight is 518 g/mol. The number of benzene rings is 1. The van der Waals surface area contributed by atoms with Crippen LogP contribution in [0, 0.1) is 11.8 Å². The van der Waals surface area contributed by atoms with Crippen molar-refractivity contribution < 1.29 is 14.6 Å². The van der Waals surface area contributed by atoms with Crippen molar-refractivity contribution in [1.82, 2.24) is 4.90 Å². The van der Waals surface area contributed by atoms with Gasteiger partial charge in [0, 0.05) is 27.6 Å². The van der Waals surface area contributed by atoms with Gasteiger partial charge in [-0.15, -0.1) is 23.1 Å². The molecule has 1 aromatic carbocycles. The van der Waals surface area contributed by atoms with Crippen LogP contribution in [0.25, 0.3) is 0 Å². The van der Waals surface area contributed by atoms with Crippen molar-refractivity contribution in [3.8, 4) is 0 Å². The topological polar surface area (TPSA) is 49.8 Å². The minimum Gasteiger partial charge on any atom is -0.459 e. The fourth-order valence-corrected chi connectivity index (χ4v) is 8.20. The molecule has 0 amide bonds. The molecule has 5 unspecified atom stereocenters. The molecule has 2 aliphatic carbocycles. The number of rotatable bonds is 9. The molecule has 34 heavy (non-hydrogen) atoms. The Morgan fingerprint density at radius 1 is 1.29 bits per heavy atom. The maximum Gasteiger partial charge on any atom is 0.349 e. The van der Waals surface area contributed by atoms with Crippen LogP contribution in [-0.4, -0.2) is 47.5 Å². The summed E-state index contributed by atoms with van der Waals surface area (Å²) in [5, 5.41) is 14.3. The Balaban J connectivity index is 1.22. The Labute approximate surface area is 215 Å². The molecule has 2 aromatic rings. The Morgan fingerprint density at radius 2 is 2.18 bits per heavy atom. The summed E-state index contributed by atoms with van der Waals surface area (Å²) in [7, 11) is 2.20. The number of allylic oxidation sites excluding steroid dienone is 1. The van der Waals surface area contributed by atoms with Gasteiger partial charge >= 0.3 is 5.97 Å². The molecule has 182 valence electrons. The lowest BCUT2D eigenvalue weighted by Gasteiger charge is -2.32. The molecule has 0 spiro atoms. The highest BCUT2D eigenvalue weighted by molar-refractivity contribution is 8.03. The molecule has 4 nitrogen and oxygen atoms in total. The number of esters is 1. The maximum absolute atomic E-state index is 13.5. The van der Waals surface area contributed by atoms with E-state index in [2.05, 4.69) is 18.0 Å². The molecule has 1 aliphatic heterocycles. The fourth-order valence-electron chi connectivity index (χ4n) is 6.00. The van der Waals surface area contributed by atoms with Gasteiger partial charge in [0.05, 0.1) is 4.88 Å². The molecule has 0 radical (unpaired) electrons. The Morgan fingerprint density at radius 3 is 2.91 bits per heavy atom. The third kappa shape index (κ3) is 4.72. The van der Waals surface area contributed by atoms with E-state index in [0.29, 0.717) is 22.8 Å². The lowest BCUT2D eigenvalue weighted by atomic mass is 9.94. The van der Waals surface area contributed by atoms with Gasteiger partial charge in [0.1, 0.15) is 6.10 Å². The molecule has 5 atom stereocenters. The van der Waals surface area contributed by atoms with Crippen LogP contribution in [0.5, 0.6) is 0 Å². The molecule has 2 fully saturated rings. The molecule has 1 N–H and O–H groups in total. The van der Waals surface area contributed by atoms with Crippen LogP contribution >= 0.6 is 34.7 Å². The van der Waals surface area contributed by atoms with Crippen molar-refractivity contribution in [3.05, 3.63) is 68.2 Å². The lowest BCUT2D eigenvalue weighted by Crippen LogP contribution is -2.42. The highest BCUT2D eigenvalue weighted by Crippen LogP contribution is 2.50. The van der Waals surface area contributed by atoms with Crippen LogP contribution in [0.15, 0.2) is 52.8 Å². The molecule has 2 heterocycles. The molecule has 7 heteroatoms. The summed E-state index contributed by atoms with van der Waals surface area (Å²) >= 11 is 9.10. The normalized spacial score (nSPS) is 27.7. The minimum atomic E-state index is -1.67. The first-order valence-electron chi connectivity index (χ1n) is 12.2. The predicted molar refractivity (Wildman–Crippen MR) is 140 cm³/mol. The lowest BCUT2D eigenvalue weighted by molar-refractivity contribution is -0.169. The number of carbonyl (C=O) groups is 1. The number of fused-ring (bicyclic) bond motifs is 2. The van der Waals surface area contributed by atoms with E-state index >= 15 is 0 Å². The van der Waals surface area contributed by atoms with Crippen LogP contribution in [0.1, 0.15) is 42.5 Å². The molecule has 2 bridgehead atoms. The first-order chi connectivity index (χ1) is 16.5. The van der Waals surface area contributed by atoms with Crippen molar-refractivity contribution in [2.45, 2.75) is 56.3 Å². The van der Waals surface area contributed by atoms with Crippen molar-refractivity contribution in [2.24, 2.45) is 11.8 Å². The van der Waals surface area contributed by atoms with Gasteiger partial charge in [-0.2, -0.15) is 0 Å². The van der Waals surface area contributed by atoms with Gasteiger partial charge in [-0.3, -0.25) is 0 Å². The SMILES string of the molecule is CN(CCCc1cccc(Cl)c1)C1CC2CCC1C2OC(=O)C(O)(C1=CCCS1)c1cccs1. The zero-order valence-corrected chi connectivity index (χ0v) is 21.9. The van der Waals surface area contributed by atoms with E-state index in [0.717, 1.165) is 60.8 Å². The monoisotopic (exact) mass is 517 g/mol. The van der Waals surface area contributed by atoms with Crippen molar-refractivity contribution in [1.29, 1.82) is 0 Å². The number of nitrogens with zero attached hydrogens (tertiary/aromatic N) is 1. The van der Waals surface area contributed by atoms with E-state index in [1.54, 1.807) is 11.8 Å². The second-order valence-corrected chi connectivity index (χ2v) is 12.3. The highest BCUT2D eigenvalue weighted by atomic mass is 35.5. The number of ether oxygens (including phenoxy) is 1. The Bertz CT molecular complexity index is 1040. The molecule has 0 saturated heterocycles. The molecular weight excluding hydrogens is 486 g/mol. The predicted octanol–water partition coefficient (Wildman–Crippen LogP) is 5.88. The van der Waals surface area contributed by atoms with Crippen molar-refractivity contribution in [3.63, 3.8) is 0 Å². The van der Waals surface area contributed by atoms with Crippen molar-refractivity contribution >= 4 is 40.7 Å². The molecule has 2 saturated carbocycles. The molecule has 3 aliphatic rings. The molecular formula is C27H32ClNO3S2. The highest BCUT2D eigenvalue weighted by Gasteiger charge is 2.54. The summed E-state index contributed by atoms with van der Waals surface area (Å²) in [6, 6.07) is 12.2. The average Bonchev–Trinajstić information content (AvgIpc) is 3.64. The van der Waals surface area contributed by atoms with Gasteiger partial charge in [-0.25, -0.2) is 4.79 Å². The maximum atomic E-state index is 13.5. The van der Waals surface area contributed by atoms with Gasteiger partial charge in [-0.05, 0) is 87.2 Å². The summed E-state index contributed by atoms with van der Waals surface area (Å²) in [4.78, 5) is 17.3. The van der Waals surface area contributed by atoms with Gasteiger partial charge in [0.2, 0.25) is 5.60 Å². The number of aryl methyl sites for hydroxylation is 1. The zero-order chi connectivity index (χ0) is 23.7. The number of aliphatic hydroxyl groups is 1. The Hall–Kier alpha value is -1.31. The summed E-state index contributed by atoms with van der Waals surface area (Å²) < 4.78 is 6.19. The number of hydrogen-bond donors (Lipinski definition) is 1. The van der Waals surface area contributed by atoms with E-state index in [9.17, 15) is 9.90 Å². The van der Waals surface area contributed by atoms with E-state index in [4.69, 9.17) is 16.3 Å². The van der Waals surface area contributed by atoms with Crippen LogP contribution in [-0.2, 0) is 21.6 Å². The second-order valence-electron chi connectivity index (χ2n) is 9.78. The van der Waals surface area contributed by atoms with E-state index in [-0.39, 0.29) is 6.10 Å². The summed E-state index contributed by atoms with van der Waals surface area (Å²) in [6.45, 7) is 1.00. The summed E-state index contributed by atoms with van der Waals surface area (Å²) in [6.07, 6.45) is 8.08. The third-order valence-corrected chi connectivity index (χ3v) is 10.1. The van der Waals surface area contributed by atoms with Gasteiger partial charge < -0.3 is 14.7 Å². The first kappa shape index (κ1) is 24.4. The van der Waals surface area contributed by atoms with Gasteiger partial charge in [0.15, 0.2) is 0 Å². The van der Waals surface area contributed by atoms with Crippen LogP contribution in [0.3, 0.4) is 0 Å². The van der Waals surface area contributed by atoms with Crippen LogP contribution < -0.4 is 0 Å². The van der Waals surface area contributed by atoms with Crippen LogP contribution in [0.2, 0.25) is 5.02 Å². The standard InChI is InChI=1S/C27H32ClNO3S2/c1-29(13-3-7-18-6-2-8-20(28)16-18)22-17-19-11-12-21(22)25(19)32-26(30)27(31,23-9-4-14-33-23)24-10-5-15-34-24/h2,4,6,8-10,14,16,19,21-22,25,31H,3,5,7,11-13,15,17H2,1H3. The van der Waals surface area contributed by atoms with Crippen LogP contribution in [0.4, 0.5) is 0 Å². The van der Waals surface area contributed by atoms with E-state index < -0.39 is 11.6 Å². The summed E-state index contributed by atoms with van der Waals surface area (Å²) in [5.41, 5.74) is -0.400. The van der Waals surface area contributed by atoms with Gasteiger partial charge in [-0.1, -0.05) is 35.9 Å². The minimum absolute atomic E-state index is 0.105. The Kier molecular flexibility index (Phi) is 7.43. The van der Waals surface area contributed by atoms with E-state index in [1.807, 2.05) is 41.8 Å². The number of thiophene rings is 1. The number of thioether (sulfide) groups is 1. The second kappa shape index (κ2) is 10.4. The van der Waals surface area contributed by atoms with E-state index in [1.165, 1.54) is 16.9 Å².